The van der Waals surface area contributed by atoms with Gasteiger partial charge in [0.1, 0.15) is 5.84 Å². The first-order chi connectivity index (χ1) is 7.28. The molecular weight excluding hydrogens is 192 g/mol. The number of carbonyl (C=O) groups excluding carboxylic acids is 1. The molecule has 3 rings (SSSR count). The van der Waals surface area contributed by atoms with Crippen molar-refractivity contribution in [2.24, 2.45) is 4.99 Å². The van der Waals surface area contributed by atoms with E-state index in [9.17, 15) is 4.79 Å². The highest BCUT2D eigenvalue weighted by Gasteiger charge is 2.68. The minimum absolute atomic E-state index is 0.182. The fourth-order valence-electron chi connectivity index (χ4n) is 2.21. The van der Waals surface area contributed by atoms with Crippen LogP contribution in [0, 0.1) is 0 Å². The standard InChI is InChI=1S/C11H12N2O2/c1-2-15-10(14)11-7-8(11)13-6-4-3-5-9(13)12-11/h3-6,8H,2,7H2,1H3. The van der Waals surface area contributed by atoms with Gasteiger partial charge >= 0.3 is 5.97 Å². The third kappa shape index (κ3) is 1.02. The second-order valence-corrected chi connectivity index (χ2v) is 3.94. The van der Waals surface area contributed by atoms with Crippen LogP contribution >= 0.6 is 0 Å². The molecule has 0 saturated heterocycles. The molecule has 2 heterocycles. The van der Waals surface area contributed by atoms with E-state index < -0.39 is 5.54 Å². The molecule has 15 heavy (non-hydrogen) atoms. The van der Waals surface area contributed by atoms with Crippen molar-refractivity contribution >= 4 is 11.8 Å². The van der Waals surface area contributed by atoms with Gasteiger partial charge in [-0.05, 0) is 19.1 Å². The maximum absolute atomic E-state index is 11.7. The number of rotatable bonds is 2. The topological polar surface area (TPSA) is 41.9 Å². The molecule has 1 aliphatic carbocycles. The van der Waals surface area contributed by atoms with Crippen LogP contribution in [0.15, 0.2) is 29.4 Å². The second kappa shape index (κ2) is 2.72. The van der Waals surface area contributed by atoms with Crippen molar-refractivity contribution < 1.29 is 9.53 Å². The zero-order valence-corrected chi connectivity index (χ0v) is 8.51. The minimum Gasteiger partial charge on any atom is -0.464 e. The summed E-state index contributed by atoms with van der Waals surface area (Å²) in [4.78, 5) is 18.3. The molecule has 3 aliphatic rings. The summed E-state index contributed by atoms with van der Waals surface area (Å²) < 4.78 is 5.06. The zero-order valence-electron chi connectivity index (χ0n) is 8.51. The monoisotopic (exact) mass is 204 g/mol. The van der Waals surface area contributed by atoms with Crippen molar-refractivity contribution in [3.05, 3.63) is 24.4 Å². The fraction of sp³-hybridized carbons (Fsp3) is 0.455. The predicted octanol–water partition coefficient (Wildman–Crippen LogP) is 0.858. The minimum atomic E-state index is -0.593. The molecule has 2 unspecified atom stereocenters. The summed E-state index contributed by atoms with van der Waals surface area (Å²) in [7, 11) is 0. The summed E-state index contributed by atoms with van der Waals surface area (Å²) in [5.74, 6) is 0.695. The number of esters is 1. The average Bonchev–Trinajstić information content (AvgIpc) is 2.88. The Bertz CT molecular complexity index is 411. The Kier molecular flexibility index (Phi) is 1.58. The third-order valence-corrected chi connectivity index (χ3v) is 3.04. The Morgan fingerprint density at radius 3 is 3.33 bits per heavy atom. The first kappa shape index (κ1) is 8.71. The van der Waals surface area contributed by atoms with E-state index in [4.69, 9.17) is 4.74 Å². The van der Waals surface area contributed by atoms with Crippen LogP contribution in [0.4, 0.5) is 0 Å². The molecule has 0 N–H and O–H groups in total. The van der Waals surface area contributed by atoms with Crippen LogP contribution in [0.5, 0.6) is 0 Å². The second-order valence-electron chi connectivity index (χ2n) is 3.94. The fourth-order valence-corrected chi connectivity index (χ4v) is 2.21. The smallest absolute Gasteiger partial charge is 0.336 e. The number of hydrogen-bond acceptors (Lipinski definition) is 4. The highest BCUT2D eigenvalue weighted by Crippen LogP contribution is 2.50. The predicted molar refractivity (Wildman–Crippen MR) is 55.3 cm³/mol. The molecule has 4 nitrogen and oxygen atoms in total. The molecule has 1 fully saturated rings. The summed E-state index contributed by atoms with van der Waals surface area (Å²) in [5.41, 5.74) is -0.593. The first-order valence-electron chi connectivity index (χ1n) is 5.18. The van der Waals surface area contributed by atoms with Crippen LogP contribution < -0.4 is 0 Å². The van der Waals surface area contributed by atoms with E-state index in [0.29, 0.717) is 6.61 Å². The van der Waals surface area contributed by atoms with Gasteiger partial charge in [-0.3, -0.25) is 0 Å². The lowest BCUT2D eigenvalue weighted by Gasteiger charge is -2.16. The van der Waals surface area contributed by atoms with Crippen LogP contribution in [-0.2, 0) is 9.53 Å². The normalized spacial score (nSPS) is 34.6. The number of fused-ring (bicyclic) bond motifs is 3. The van der Waals surface area contributed by atoms with E-state index in [1.165, 1.54) is 0 Å². The van der Waals surface area contributed by atoms with Gasteiger partial charge < -0.3 is 9.64 Å². The van der Waals surface area contributed by atoms with Gasteiger partial charge in [-0.25, -0.2) is 9.79 Å². The maximum Gasteiger partial charge on any atom is 0.336 e. The van der Waals surface area contributed by atoms with E-state index in [0.717, 1.165) is 12.3 Å². The molecule has 4 heteroatoms. The first-order valence-corrected chi connectivity index (χ1v) is 5.18. The van der Waals surface area contributed by atoms with Crippen LogP contribution in [0.2, 0.25) is 0 Å². The largest absolute Gasteiger partial charge is 0.464 e. The SMILES string of the molecule is CCOC(=O)C12CC1N1C=CC=CC1=N2. The summed E-state index contributed by atoms with van der Waals surface area (Å²) in [6.07, 6.45) is 8.57. The Hall–Kier alpha value is -1.58. The number of aliphatic imine (C=N–C) groups is 1. The lowest BCUT2D eigenvalue weighted by atomic mass is 10.3. The molecule has 2 atom stereocenters. The van der Waals surface area contributed by atoms with E-state index in [1.807, 2.05) is 31.4 Å². The van der Waals surface area contributed by atoms with Gasteiger partial charge in [0.05, 0.1) is 12.6 Å². The molecule has 0 aromatic heterocycles. The Morgan fingerprint density at radius 2 is 2.60 bits per heavy atom. The van der Waals surface area contributed by atoms with Crippen molar-refractivity contribution in [3.8, 4) is 0 Å². The van der Waals surface area contributed by atoms with Crippen molar-refractivity contribution in [2.45, 2.75) is 24.9 Å². The Morgan fingerprint density at radius 1 is 1.73 bits per heavy atom. The lowest BCUT2D eigenvalue weighted by molar-refractivity contribution is -0.145. The molecule has 2 aliphatic heterocycles. The number of nitrogens with zero attached hydrogens (tertiary/aromatic N) is 2. The van der Waals surface area contributed by atoms with Crippen LogP contribution in [0.1, 0.15) is 13.3 Å². The van der Waals surface area contributed by atoms with E-state index >= 15 is 0 Å². The van der Waals surface area contributed by atoms with E-state index in [2.05, 4.69) is 9.89 Å². The molecule has 0 amide bonds. The highest BCUT2D eigenvalue weighted by molar-refractivity contribution is 6.03. The number of amidine groups is 1. The molecular formula is C11H12N2O2. The van der Waals surface area contributed by atoms with E-state index in [1.54, 1.807) is 0 Å². The molecule has 0 spiro atoms. The van der Waals surface area contributed by atoms with E-state index in [-0.39, 0.29) is 12.0 Å². The van der Waals surface area contributed by atoms with Gasteiger partial charge in [-0.15, -0.1) is 0 Å². The number of carbonyl (C=O) groups is 1. The molecule has 0 radical (unpaired) electrons. The molecule has 0 bridgehead atoms. The zero-order chi connectivity index (χ0) is 10.5. The highest BCUT2D eigenvalue weighted by atomic mass is 16.5. The summed E-state index contributed by atoms with van der Waals surface area (Å²) in [5, 5.41) is 0. The van der Waals surface area contributed by atoms with Gasteiger partial charge in [0.25, 0.3) is 0 Å². The van der Waals surface area contributed by atoms with Crippen LogP contribution in [0.3, 0.4) is 0 Å². The number of ether oxygens (including phenoxy) is 1. The molecule has 0 aromatic carbocycles. The van der Waals surface area contributed by atoms with Gasteiger partial charge in [0.15, 0.2) is 5.54 Å². The summed E-state index contributed by atoms with van der Waals surface area (Å²) >= 11 is 0. The lowest BCUT2D eigenvalue weighted by Crippen LogP contribution is -2.29. The van der Waals surface area contributed by atoms with Crippen molar-refractivity contribution in [2.75, 3.05) is 6.61 Å². The van der Waals surface area contributed by atoms with Gasteiger partial charge in [0, 0.05) is 12.6 Å². The molecule has 0 aromatic rings. The van der Waals surface area contributed by atoms with Gasteiger partial charge in [0.2, 0.25) is 0 Å². The molecule has 1 saturated carbocycles. The van der Waals surface area contributed by atoms with Gasteiger partial charge in [-0.2, -0.15) is 0 Å². The van der Waals surface area contributed by atoms with Crippen LogP contribution in [0.25, 0.3) is 0 Å². The van der Waals surface area contributed by atoms with Gasteiger partial charge in [-0.1, -0.05) is 6.08 Å². The third-order valence-electron chi connectivity index (χ3n) is 3.04. The van der Waals surface area contributed by atoms with Crippen molar-refractivity contribution in [1.82, 2.24) is 4.90 Å². The van der Waals surface area contributed by atoms with Crippen molar-refractivity contribution in [3.63, 3.8) is 0 Å². The average molecular weight is 204 g/mol. The van der Waals surface area contributed by atoms with Crippen LogP contribution in [-0.4, -0.2) is 34.9 Å². The number of hydrogen-bond donors (Lipinski definition) is 0. The Balaban J connectivity index is 1.89. The van der Waals surface area contributed by atoms with Crippen molar-refractivity contribution in [1.29, 1.82) is 0 Å². The maximum atomic E-state index is 11.7. The summed E-state index contributed by atoms with van der Waals surface area (Å²) in [6.45, 7) is 2.24. The quantitative estimate of drug-likeness (QED) is 0.626. The Labute approximate surface area is 87.9 Å². The number of allylic oxidation sites excluding steroid dienone is 2. The molecule has 78 valence electrons. The summed E-state index contributed by atoms with van der Waals surface area (Å²) in [6, 6.07) is 0.188.